The largest absolute Gasteiger partial charge is 0.368 e. The van der Waals surface area contributed by atoms with Crippen molar-refractivity contribution in [2.75, 3.05) is 13.1 Å². The Bertz CT molecular complexity index is 867. The molecular formula is C30H60N8O5. The predicted octanol–water partition coefficient (Wildman–Crippen LogP) is 0.135. The molecule has 5 atom stereocenters. The molecule has 0 radical (unpaired) electrons. The van der Waals surface area contributed by atoms with Gasteiger partial charge in [0.1, 0.15) is 24.2 Å². The first-order chi connectivity index (χ1) is 20.1. The number of unbranched alkanes of at least 4 members (excludes halogenated alkanes) is 2. The summed E-state index contributed by atoms with van der Waals surface area (Å²) in [7, 11) is 0. The van der Waals surface area contributed by atoms with Crippen molar-refractivity contribution >= 4 is 29.5 Å². The van der Waals surface area contributed by atoms with Crippen LogP contribution in [0.4, 0.5) is 0 Å². The molecule has 0 rings (SSSR count). The third kappa shape index (κ3) is 17.8. The third-order valence-electron chi connectivity index (χ3n) is 6.93. The molecule has 0 heterocycles. The zero-order valence-electron chi connectivity index (χ0n) is 27.2. The molecule has 0 bridgehead atoms. The number of amides is 5. The second-order valence-electron chi connectivity index (χ2n) is 12.7. The van der Waals surface area contributed by atoms with E-state index in [-0.39, 0.29) is 24.2 Å². The van der Waals surface area contributed by atoms with E-state index in [1.54, 1.807) is 0 Å². The third-order valence-corrected chi connectivity index (χ3v) is 6.93. The van der Waals surface area contributed by atoms with E-state index in [9.17, 15) is 24.0 Å². The van der Waals surface area contributed by atoms with Crippen molar-refractivity contribution in [1.29, 1.82) is 0 Å². The van der Waals surface area contributed by atoms with Gasteiger partial charge in [0, 0.05) is 0 Å². The molecule has 0 spiro atoms. The molecular weight excluding hydrogens is 552 g/mol. The smallest absolute Gasteiger partial charge is 0.243 e. The summed E-state index contributed by atoms with van der Waals surface area (Å²) in [5.41, 5.74) is 22.7. The van der Waals surface area contributed by atoms with Gasteiger partial charge in [0.05, 0.1) is 6.04 Å². The Morgan fingerprint density at radius 3 is 1.26 bits per heavy atom. The van der Waals surface area contributed by atoms with Gasteiger partial charge >= 0.3 is 0 Å². The van der Waals surface area contributed by atoms with Crippen LogP contribution in [0.2, 0.25) is 0 Å². The van der Waals surface area contributed by atoms with Crippen molar-refractivity contribution in [3.05, 3.63) is 0 Å². The number of hydrogen-bond acceptors (Lipinski definition) is 8. The molecule has 0 saturated carbocycles. The van der Waals surface area contributed by atoms with Gasteiger partial charge in [-0.15, -0.1) is 0 Å². The van der Waals surface area contributed by atoms with Gasteiger partial charge in [0.15, 0.2) is 0 Å². The lowest BCUT2D eigenvalue weighted by Crippen LogP contribution is -2.59. The second-order valence-corrected chi connectivity index (χ2v) is 12.7. The van der Waals surface area contributed by atoms with E-state index >= 15 is 0 Å². The molecule has 0 fully saturated rings. The van der Waals surface area contributed by atoms with Crippen LogP contribution in [0.3, 0.4) is 0 Å². The molecule has 0 aliphatic rings. The number of hydrogen-bond donors (Lipinski definition) is 8. The van der Waals surface area contributed by atoms with Gasteiger partial charge in [-0.25, -0.2) is 0 Å². The lowest BCUT2D eigenvalue weighted by atomic mass is 9.98. The highest BCUT2D eigenvalue weighted by Crippen LogP contribution is 2.12. The molecule has 0 aliphatic carbocycles. The van der Waals surface area contributed by atoms with E-state index < -0.39 is 59.7 Å². The van der Waals surface area contributed by atoms with Crippen LogP contribution in [-0.4, -0.2) is 72.8 Å². The van der Waals surface area contributed by atoms with Crippen LogP contribution in [0, 0.1) is 17.8 Å². The van der Waals surface area contributed by atoms with Crippen LogP contribution < -0.4 is 44.2 Å². The Morgan fingerprint density at radius 1 is 0.512 bits per heavy atom. The van der Waals surface area contributed by atoms with E-state index in [2.05, 4.69) is 21.3 Å². The van der Waals surface area contributed by atoms with Crippen molar-refractivity contribution < 1.29 is 24.0 Å². The molecule has 250 valence electrons. The van der Waals surface area contributed by atoms with E-state index in [4.69, 9.17) is 22.9 Å². The maximum Gasteiger partial charge on any atom is 0.243 e. The van der Waals surface area contributed by atoms with E-state index in [0.29, 0.717) is 64.5 Å². The molecule has 0 saturated heterocycles. The van der Waals surface area contributed by atoms with Crippen LogP contribution in [0.25, 0.3) is 0 Å². The van der Waals surface area contributed by atoms with Crippen LogP contribution in [0.1, 0.15) is 99.3 Å². The molecule has 43 heavy (non-hydrogen) atoms. The maximum absolute atomic E-state index is 13.5. The maximum atomic E-state index is 13.5. The quantitative estimate of drug-likeness (QED) is 0.0736. The first-order valence-electron chi connectivity index (χ1n) is 15.8. The summed E-state index contributed by atoms with van der Waals surface area (Å²) in [4.78, 5) is 65.0. The summed E-state index contributed by atoms with van der Waals surface area (Å²) in [5.74, 6) is -2.37. The molecule has 0 aliphatic heterocycles. The topological polar surface area (TPSA) is 238 Å². The standard InChI is InChI=1S/C30H60N8O5/c1-18(2)15-21(33)27(40)37-24(16-19(3)4)30(43)38-25(17-20(5)6)29(42)36-23(12-8-10-14-32)28(41)35-22(26(34)39)11-7-9-13-31/h18-25H,7-17,31-33H2,1-6H3,(H2,34,39)(H,35,41)(H,36,42)(H,37,40)(H,38,43)/t21-,22-,23-,24-,25-/m0/s1. The van der Waals surface area contributed by atoms with Gasteiger partial charge in [-0.05, 0) is 88.6 Å². The Morgan fingerprint density at radius 2 is 0.860 bits per heavy atom. The average Bonchev–Trinajstić information content (AvgIpc) is 2.90. The lowest BCUT2D eigenvalue weighted by molar-refractivity contribution is -0.135. The number of rotatable bonds is 23. The van der Waals surface area contributed by atoms with Crippen LogP contribution in [0.15, 0.2) is 0 Å². The SMILES string of the molecule is CC(C)C[C@H](NC(=O)[C@H](CC(C)C)NC(=O)[C@@H](N)CC(C)C)C(=O)N[C@@H](CCCCN)C(=O)N[C@@H](CCCCN)C(N)=O. The van der Waals surface area contributed by atoms with E-state index in [1.165, 1.54) is 0 Å². The van der Waals surface area contributed by atoms with E-state index in [0.717, 1.165) is 0 Å². The fourth-order valence-corrected chi connectivity index (χ4v) is 4.66. The van der Waals surface area contributed by atoms with Crippen molar-refractivity contribution in [2.24, 2.45) is 40.7 Å². The summed E-state index contributed by atoms with van der Waals surface area (Å²) in [6.45, 7) is 12.5. The normalized spacial score (nSPS) is 15.0. The number of primary amides is 1. The Hall–Kier alpha value is -2.77. The molecule has 0 aromatic heterocycles. The number of carbonyl (C=O) groups excluding carboxylic acids is 5. The van der Waals surface area contributed by atoms with Crippen molar-refractivity contribution in [3.63, 3.8) is 0 Å². The van der Waals surface area contributed by atoms with Gasteiger partial charge in [0.25, 0.3) is 0 Å². The molecule has 0 aromatic carbocycles. The number of nitrogens with two attached hydrogens (primary N) is 4. The van der Waals surface area contributed by atoms with Crippen LogP contribution in [0.5, 0.6) is 0 Å². The van der Waals surface area contributed by atoms with E-state index in [1.807, 2.05) is 41.5 Å². The Kier molecular flexibility index (Phi) is 20.4. The summed E-state index contributed by atoms with van der Waals surface area (Å²) < 4.78 is 0. The molecule has 5 amide bonds. The van der Waals surface area contributed by atoms with Gasteiger partial charge in [-0.3, -0.25) is 24.0 Å². The highest BCUT2D eigenvalue weighted by molar-refractivity contribution is 5.95. The van der Waals surface area contributed by atoms with Gasteiger partial charge in [0.2, 0.25) is 29.5 Å². The number of carbonyl (C=O) groups is 5. The first kappa shape index (κ1) is 40.2. The molecule has 13 heteroatoms. The summed E-state index contributed by atoms with van der Waals surface area (Å²) in [5, 5.41) is 11.0. The lowest BCUT2D eigenvalue weighted by Gasteiger charge is -2.28. The monoisotopic (exact) mass is 612 g/mol. The predicted molar refractivity (Wildman–Crippen MR) is 169 cm³/mol. The fraction of sp³-hybridized carbons (Fsp3) is 0.833. The molecule has 13 nitrogen and oxygen atoms in total. The number of nitrogens with one attached hydrogen (secondary N) is 4. The molecule has 0 aromatic rings. The summed E-state index contributed by atoms with van der Waals surface area (Å²) >= 11 is 0. The zero-order chi connectivity index (χ0) is 33.1. The Labute approximate surface area is 258 Å². The first-order valence-corrected chi connectivity index (χ1v) is 15.8. The highest BCUT2D eigenvalue weighted by Gasteiger charge is 2.32. The van der Waals surface area contributed by atoms with Gasteiger partial charge < -0.3 is 44.2 Å². The van der Waals surface area contributed by atoms with Crippen molar-refractivity contribution in [1.82, 2.24) is 21.3 Å². The Balaban J connectivity index is 5.84. The van der Waals surface area contributed by atoms with Crippen molar-refractivity contribution in [3.8, 4) is 0 Å². The molecule has 0 unspecified atom stereocenters. The highest BCUT2D eigenvalue weighted by atomic mass is 16.2. The minimum absolute atomic E-state index is 0.0277. The summed E-state index contributed by atoms with van der Waals surface area (Å²) in [6.07, 6.45) is 4.21. The van der Waals surface area contributed by atoms with Crippen molar-refractivity contribution in [2.45, 2.75) is 130 Å². The van der Waals surface area contributed by atoms with Gasteiger partial charge in [-0.1, -0.05) is 41.5 Å². The summed E-state index contributed by atoms with van der Waals surface area (Å²) in [6, 6.07) is -4.49. The fourth-order valence-electron chi connectivity index (χ4n) is 4.66. The minimum Gasteiger partial charge on any atom is -0.368 e. The zero-order valence-corrected chi connectivity index (χ0v) is 27.2. The molecule has 12 N–H and O–H groups in total. The minimum atomic E-state index is -0.970. The average molecular weight is 613 g/mol. The van der Waals surface area contributed by atoms with Gasteiger partial charge in [-0.2, -0.15) is 0 Å². The van der Waals surface area contributed by atoms with Crippen LogP contribution >= 0.6 is 0 Å². The second kappa shape index (κ2) is 21.8. The van der Waals surface area contributed by atoms with Crippen LogP contribution in [-0.2, 0) is 24.0 Å².